The van der Waals surface area contributed by atoms with Gasteiger partial charge in [-0.3, -0.25) is 10.1 Å². The molecule has 2 N–H and O–H groups in total. The SMILES string of the molecule is CCCCCCNS(=O)(=O)c1cccc(NC)c1[N+](=O)[O-]. The van der Waals surface area contributed by atoms with Crippen LogP contribution in [0.3, 0.4) is 0 Å². The Balaban J connectivity index is 2.95. The molecule has 0 atom stereocenters. The summed E-state index contributed by atoms with van der Waals surface area (Å²) in [5, 5.41) is 13.8. The molecular weight excluding hydrogens is 294 g/mol. The Bertz CT molecular complexity index is 587. The molecule has 0 heterocycles. The van der Waals surface area contributed by atoms with Gasteiger partial charge in [-0.1, -0.05) is 32.3 Å². The Kier molecular flexibility index (Phi) is 6.57. The molecule has 0 amide bonds. The highest BCUT2D eigenvalue weighted by Gasteiger charge is 2.28. The van der Waals surface area contributed by atoms with Gasteiger partial charge in [0, 0.05) is 13.6 Å². The minimum absolute atomic E-state index is 0.175. The molecule has 1 aromatic carbocycles. The fourth-order valence-corrected chi connectivity index (χ4v) is 3.23. The van der Waals surface area contributed by atoms with Gasteiger partial charge in [0.15, 0.2) is 4.90 Å². The number of para-hydroxylation sites is 1. The van der Waals surface area contributed by atoms with Crippen LogP contribution in [0.5, 0.6) is 0 Å². The molecule has 118 valence electrons. The van der Waals surface area contributed by atoms with Gasteiger partial charge in [0.1, 0.15) is 5.69 Å². The smallest absolute Gasteiger partial charge is 0.312 e. The van der Waals surface area contributed by atoms with E-state index in [9.17, 15) is 18.5 Å². The van der Waals surface area contributed by atoms with E-state index in [0.717, 1.165) is 19.3 Å². The number of sulfonamides is 1. The number of rotatable bonds is 9. The number of anilines is 1. The van der Waals surface area contributed by atoms with Crippen LogP contribution in [-0.2, 0) is 10.0 Å². The molecule has 0 aromatic heterocycles. The third-order valence-corrected chi connectivity index (χ3v) is 4.56. The van der Waals surface area contributed by atoms with Crippen LogP contribution in [0.25, 0.3) is 0 Å². The van der Waals surface area contributed by atoms with E-state index in [2.05, 4.69) is 17.0 Å². The lowest BCUT2D eigenvalue weighted by atomic mass is 10.2. The molecule has 0 unspecified atom stereocenters. The minimum Gasteiger partial charge on any atom is -0.383 e. The minimum atomic E-state index is -3.89. The van der Waals surface area contributed by atoms with Crippen molar-refractivity contribution in [2.24, 2.45) is 0 Å². The van der Waals surface area contributed by atoms with Crippen molar-refractivity contribution in [3.8, 4) is 0 Å². The number of hydrogen-bond donors (Lipinski definition) is 2. The van der Waals surface area contributed by atoms with Crippen molar-refractivity contribution in [1.82, 2.24) is 4.72 Å². The summed E-state index contributed by atoms with van der Waals surface area (Å²) in [6, 6.07) is 4.19. The largest absolute Gasteiger partial charge is 0.383 e. The van der Waals surface area contributed by atoms with Crippen LogP contribution in [0.1, 0.15) is 32.6 Å². The first kappa shape index (κ1) is 17.4. The molecule has 7 nitrogen and oxygen atoms in total. The predicted molar refractivity (Wildman–Crippen MR) is 82.0 cm³/mol. The molecule has 0 aliphatic rings. The molecular formula is C13H21N3O4S. The van der Waals surface area contributed by atoms with Crippen molar-refractivity contribution in [1.29, 1.82) is 0 Å². The van der Waals surface area contributed by atoms with Crippen molar-refractivity contribution in [3.05, 3.63) is 28.3 Å². The first-order valence-electron chi connectivity index (χ1n) is 6.89. The van der Waals surface area contributed by atoms with Crippen LogP contribution in [0.2, 0.25) is 0 Å². The highest BCUT2D eigenvalue weighted by Crippen LogP contribution is 2.31. The average molecular weight is 315 g/mol. The lowest BCUT2D eigenvalue weighted by Crippen LogP contribution is -2.25. The zero-order valence-electron chi connectivity index (χ0n) is 12.3. The van der Waals surface area contributed by atoms with Crippen LogP contribution >= 0.6 is 0 Å². The van der Waals surface area contributed by atoms with Crippen LogP contribution in [0, 0.1) is 10.1 Å². The zero-order chi connectivity index (χ0) is 15.9. The number of nitro benzene ring substituents is 1. The predicted octanol–water partition coefficient (Wildman–Crippen LogP) is 2.50. The summed E-state index contributed by atoms with van der Waals surface area (Å²) in [5.74, 6) is 0. The van der Waals surface area contributed by atoms with E-state index in [4.69, 9.17) is 0 Å². The van der Waals surface area contributed by atoms with Crippen molar-refractivity contribution in [3.63, 3.8) is 0 Å². The third-order valence-electron chi connectivity index (χ3n) is 3.06. The van der Waals surface area contributed by atoms with Gasteiger partial charge in [-0.2, -0.15) is 0 Å². The molecule has 0 saturated carbocycles. The van der Waals surface area contributed by atoms with Crippen molar-refractivity contribution < 1.29 is 13.3 Å². The lowest BCUT2D eigenvalue weighted by molar-refractivity contribution is -0.386. The Labute approximate surface area is 124 Å². The van der Waals surface area contributed by atoms with E-state index in [1.54, 1.807) is 0 Å². The van der Waals surface area contributed by atoms with E-state index < -0.39 is 20.6 Å². The Morgan fingerprint density at radius 1 is 1.24 bits per heavy atom. The second-order valence-electron chi connectivity index (χ2n) is 4.62. The monoisotopic (exact) mass is 315 g/mol. The molecule has 0 bridgehead atoms. The highest BCUT2D eigenvalue weighted by molar-refractivity contribution is 7.89. The summed E-state index contributed by atoms with van der Waals surface area (Å²) < 4.78 is 26.9. The second-order valence-corrected chi connectivity index (χ2v) is 6.35. The number of hydrogen-bond acceptors (Lipinski definition) is 5. The van der Waals surface area contributed by atoms with E-state index in [0.29, 0.717) is 6.42 Å². The fraction of sp³-hybridized carbons (Fsp3) is 0.538. The van der Waals surface area contributed by atoms with Crippen LogP contribution in [0.4, 0.5) is 11.4 Å². The van der Waals surface area contributed by atoms with Gasteiger partial charge in [-0.05, 0) is 18.6 Å². The molecule has 0 fully saturated rings. The third kappa shape index (κ3) is 4.68. The maximum absolute atomic E-state index is 12.2. The van der Waals surface area contributed by atoms with Crippen LogP contribution < -0.4 is 10.0 Å². The normalized spacial score (nSPS) is 11.3. The molecule has 1 rings (SSSR count). The highest BCUT2D eigenvalue weighted by atomic mass is 32.2. The lowest BCUT2D eigenvalue weighted by Gasteiger charge is -2.09. The first-order chi connectivity index (χ1) is 9.94. The first-order valence-corrected chi connectivity index (χ1v) is 8.37. The Morgan fingerprint density at radius 2 is 1.95 bits per heavy atom. The van der Waals surface area contributed by atoms with Gasteiger partial charge in [0.2, 0.25) is 10.0 Å². The summed E-state index contributed by atoms with van der Waals surface area (Å²) in [5.41, 5.74) is -0.255. The molecule has 21 heavy (non-hydrogen) atoms. The maximum Gasteiger partial charge on any atom is 0.312 e. The van der Waals surface area contributed by atoms with Crippen molar-refractivity contribution in [2.45, 2.75) is 37.5 Å². The standard InChI is InChI=1S/C13H21N3O4S/c1-3-4-5-6-10-15-21(19,20)12-9-7-8-11(14-2)13(12)16(17)18/h7-9,14-15H,3-6,10H2,1-2H3. The number of benzene rings is 1. The van der Waals surface area contributed by atoms with E-state index in [1.165, 1.54) is 25.2 Å². The summed E-state index contributed by atoms with van der Waals surface area (Å²) in [6.45, 7) is 2.35. The molecule has 0 saturated heterocycles. The van der Waals surface area contributed by atoms with Crippen LogP contribution in [-0.4, -0.2) is 26.9 Å². The summed E-state index contributed by atoms with van der Waals surface area (Å²) >= 11 is 0. The maximum atomic E-state index is 12.2. The van der Waals surface area contributed by atoms with E-state index in [1.807, 2.05) is 0 Å². The summed E-state index contributed by atoms with van der Waals surface area (Å²) in [6.07, 6.45) is 3.74. The van der Waals surface area contributed by atoms with Gasteiger partial charge in [0.05, 0.1) is 4.92 Å². The molecule has 0 radical (unpaired) electrons. The van der Waals surface area contributed by atoms with Gasteiger partial charge in [-0.25, -0.2) is 13.1 Å². The number of nitrogens with one attached hydrogen (secondary N) is 2. The summed E-state index contributed by atoms with van der Waals surface area (Å²) in [7, 11) is -2.38. The molecule has 0 aliphatic heterocycles. The van der Waals surface area contributed by atoms with Gasteiger partial charge in [0.25, 0.3) is 0 Å². The quantitative estimate of drug-likeness (QED) is 0.414. The number of unbranched alkanes of at least 4 members (excludes halogenated alkanes) is 3. The number of nitro groups is 1. The van der Waals surface area contributed by atoms with Crippen molar-refractivity contribution in [2.75, 3.05) is 18.9 Å². The van der Waals surface area contributed by atoms with E-state index in [-0.39, 0.29) is 17.1 Å². The van der Waals surface area contributed by atoms with E-state index >= 15 is 0 Å². The Hall–Kier alpha value is -1.67. The second kappa shape index (κ2) is 7.94. The van der Waals surface area contributed by atoms with Crippen LogP contribution in [0.15, 0.2) is 23.1 Å². The molecule has 0 aliphatic carbocycles. The molecule has 0 spiro atoms. The average Bonchev–Trinajstić information content (AvgIpc) is 2.46. The van der Waals surface area contributed by atoms with Gasteiger partial charge >= 0.3 is 5.69 Å². The van der Waals surface area contributed by atoms with Gasteiger partial charge in [-0.15, -0.1) is 0 Å². The van der Waals surface area contributed by atoms with Gasteiger partial charge < -0.3 is 5.32 Å². The topological polar surface area (TPSA) is 101 Å². The summed E-state index contributed by atoms with van der Waals surface area (Å²) in [4.78, 5) is 10.1. The Morgan fingerprint density at radius 3 is 2.52 bits per heavy atom. The molecule has 1 aromatic rings. The molecule has 8 heteroatoms. The zero-order valence-corrected chi connectivity index (χ0v) is 13.1. The fourth-order valence-electron chi connectivity index (χ4n) is 1.97. The van der Waals surface area contributed by atoms with Crippen molar-refractivity contribution >= 4 is 21.4 Å². The number of nitrogens with zero attached hydrogens (tertiary/aromatic N) is 1.